The van der Waals surface area contributed by atoms with Gasteiger partial charge >= 0.3 is 0 Å². The van der Waals surface area contributed by atoms with Gasteiger partial charge in [-0.2, -0.15) is 8.75 Å². The van der Waals surface area contributed by atoms with Crippen LogP contribution in [0, 0.1) is 6.92 Å². The van der Waals surface area contributed by atoms with Gasteiger partial charge in [-0.05, 0) is 105 Å². The Morgan fingerprint density at radius 1 is 0.647 bits per heavy atom. The first kappa shape index (κ1) is 47.3. The second-order valence-electron chi connectivity index (χ2n) is 16.1. The van der Waals surface area contributed by atoms with E-state index in [1.165, 1.54) is 19.2 Å². The Hall–Kier alpha value is -7.16. The van der Waals surface area contributed by atoms with Crippen LogP contribution in [0.5, 0.6) is 5.75 Å². The van der Waals surface area contributed by atoms with Crippen LogP contribution in [0.2, 0.25) is 5.02 Å². The molecule has 0 spiro atoms. The van der Waals surface area contributed by atoms with E-state index in [9.17, 15) is 21.6 Å². The number of para-hydroxylation sites is 4. The van der Waals surface area contributed by atoms with Gasteiger partial charge in [-0.1, -0.05) is 71.8 Å². The number of nitrogens with one attached hydrogen (secondary N) is 3. The molecule has 3 aromatic heterocycles. The number of carbonyl (C=O) groups excluding carboxylic acids is 1. The number of fused-ring (bicyclic) bond motifs is 3. The number of ether oxygens (including phenoxy) is 1. The summed E-state index contributed by atoms with van der Waals surface area (Å²) in [5.41, 5.74) is 12.3. The van der Waals surface area contributed by atoms with Crippen molar-refractivity contribution < 1.29 is 26.4 Å². The second kappa shape index (κ2) is 19.6. The summed E-state index contributed by atoms with van der Waals surface area (Å²) in [6.07, 6.45) is 0.404. The minimum atomic E-state index is -4.11. The number of sulfonamides is 2. The molecule has 346 valence electrons. The van der Waals surface area contributed by atoms with Crippen LogP contribution < -0.4 is 25.2 Å². The molecule has 0 radical (unpaired) electrons. The van der Waals surface area contributed by atoms with Gasteiger partial charge in [0.2, 0.25) is 0 Å². The van der Waals surface area contributed by atoms with E-state index < -0.39 is 25.6 Å². The fraction of sp³-hybridized carbons (Fsp3) is 0.146. The molecule has 0 atom stereocenters. The molecule has 5 N–H and O–H groups in total. The third kappa shape index (κ3) is 11.2. The number of anilines is 4. The SMILES string of the molecule is COc1ccc(Cl)c(Nc2nc3ccccc3nc2NS(=O)(=O)c2cccc(CC(=O)C(C)(C)N)c2)c1.Cc1ccc(S(=O)(=O)Nc2nc3ccccc3nc2Cc2ccc3nsnc3c2)cc1. The van der Waals surface area contributed by atoms with E-state index in [1.54, 1.807) is 92.7 Å². The molecule has 20 heteroatoms. The number of rotatable bonds is 14. The standard InChI is InChI=1S/C26H26ClN5O4S.C22H17N5O2S2/c1-26(2,28)23(33)14-16-7-6-8-18(13-16)37(34,35)32-25-24(29-20-9-4-5-10-21(20)30-25)31-22-15-17(36-3)11-12-19(22)27;1-14-6-9-16(10-7-14)31(28,29)27-22-21(23-17-4-2-3-5-18(17)24-22)13-15-8-11-19-20(12-15)26-30-25-19/h4-13,15H,14,28H2,1-3H3,(H,29,31)(H,30,32);2-12H,13H2,1H3,(H,24,27). The van der Waals surface area contributed by atoms with Crippen LogP contribution in [0.4, 0.5) is 23.1 Å². The lowest BCUT2D eigenvalue weighted by Crippen LogP contribution is -2.42. The summed E-state index contributed by atoms with van der Waals surface area (Å²) in [6.45, 7) is 5.13. The van der Waals surface area contributed by atoms with Gasteiger partial charge in [0.05, 0.1) is 72.6 Å². The molecule has 3 heterocycles. The summed E-state index contributed by atoms with van der Waals surface area (Å²) in [5, 5.41) is 3.44. The van der Waals surface area contributed by atoms with Crippen LogP contribution >= 0.6 is 23.3 Å². The van der Waals surface area contributed by atoms with Gasteiger partial charge in [0, 0.05) is 18.9 Å². The third-order valence-electron chi connectivity index (χ3n) is 10.4. The van der Waals surface area contributed by atoms with Gasteiger partial charge in [-0.25, -0.2) is 36.8 Å². The minimum Gasteiger partial charge on any atom is -0.497 e. The highest BCUT2D eigenvalue weighted by Crippen LogP contribution is 2.33. The van der Waals surface area contributed by atoms with Crippen LogP contribution in [0.3, 0.4) is 0 Å². The number of hydrogen-bond donors (Lipinski definition) is 4. The summed E-state index contributed by atoms with van der Waals surface area (Å²) in [6, 6.07) is 38.1. The predicted molar refractivity (Wildman–Crippen MR) is 267 cm³/mol. The molecule has 0 aliphatic rings. The molecule has 9 rings (SSSR count). The third-order valence-corrected chi connectivity index (χ3v) is 14.0. The number of Topliss-reactive ketones (excluding diaryl/α,β-unsaturated/α-hetero) is 1. The Labute approximate surface area is 401 Å². The molecule has 9 aromatic rings. The summed E-state index contributed by atoms with van der Waals surface area (Å²) >= 11 is 7.51. The molecule has 0 aliphatic heterocycles. The molecule has 0 unspecified atom stereocenters. The Bertz CT molecular complexity index is 3570. The van der Waals surface area contributed by atoms with E-state index in [2.05, 4.69) is 38.5 Å². The van der Waals surface area contributed by atoms with Gasteiger partial charge in [0.25, 0.3) is 20.0 Å². The van der Waals surface area contributed by atoms with Gasteiger partial charge in [-0.3, -0.25) is 14.2 Å². The highest BCUT2D eigenvalue weighted by atomic mass is 35.5. The van der Waals surface area contributed by atoms with Crippen LogP contribution in [0.15, 0.2) is 143 Å². The van der Waals surface area contributed by atoms with Crippen molar-refractivity contribution in [1.82, 2.24) is 28.7 Å². The first-order chi connectivity index (χ1) is 32.4. The van der Waals surface area contributed by atoms with Gasteiger partial charge < -0.3 is 15.8 Å². The highest BCUT2D eigenvalue weighted by molar-refractivity contribution is 7.93. The maximum Gasteiger partial charge on any atom is 0.263 e. The van der Waals surface area contributed by atoms with E-state index in [4.69, 9.17) is 27.1 Å². The zero-order valence-electron chi connectivity index (χ0n) is 36.9. The summed E-state index contributed by atoms with van der Waals surface area (Å²) in [5.74, 6) is 0.679. The Kier molecular flexibility index (Phi) is 13.6. The van der Waals surface area contributed by atoms with Crippen LogP contribution in [0.1, 0.15) is 36.2 Å². The number of methoxy groups -OCH3 is 1. The van der Waals surface area contributed by atoms with Gasteiger partial charge in [0.1, 0.15) is 16.8 Å². The Morgan fingerprint density at radius 2 is 1.25 bits per heavy atom. The van der Waals surface area contributed by atoms with Crippen molar-refractivity contribution in [3.63, 3.8) is 0 Å². The Morgan fingerprint density at radius 3 is 1.91 bits per heavy atom. The average molecular weight is 988 g/mol. The van der Waals surface area contributed by atoms with Gasteiger partial charge in [0.15, 0.2) is 23.2 Å². The Balaban J connectivity index is 0.000000186. The topological polar surface area (TPSA) is 234 Å². The number of halogens is 1. The van der Waals surface area contributed by atoms with Crippen molar-refractivity contribution in [3.8, 4) is 5.75 Å². The maximum absolute atomic E-state index is 13.4. The summed E-state index contributed by atoms with van der Waals surface area (Å²) in [4.78, 5) is 30.9. The lowest BCUT2D eigenvalue weighted by atomic mass is 9.95. The van der Waals surface area contributed by atoms with E-state index in [0.717, 1.165) is 33.9 Å². The molecule has 0 saturated carbocycles. The zero-order valence-corrected chi connectivity index (χ0v) is 40.1. The lowest BCUT2D eigenvalue weighted by Gasteiger charge is -2.17. The molecule has 0 bridgehead atoms. The van der Waals surface area contributed by atoms with Crippen LogP contribution in [-0.2, 0) is 37.7 Å². The van der Waals surface area contributed by atoms with E-state index in [1.807, 2.05) is 49.4 Å². The number of nitrogens with zero attached hydrogens (tertiary/aromatic N) is 6. The summed E-state index contributed by atoms with van der Waals surface area (Å²) < 4.78 is 71.7. The number of aromatic nitrogens is 6. The molecule has 0 amide bonds. The minimum absolute atomic E-state index is 0.00375. The maximum atomic E-state index is 13.4. The van der Waals surface area contributed by atoms with Crippen LogP contribution in [-0.4, -0.2) is 64.0 Å². The lowest BCUT2D eigenvalue weighted by molar-refractivity contribution is -0.122. The quantitative estimate of drug-likeness (QED) is 0.0796. The number of nitrogens with two attached hydrogens (primary N) is 1. The van der Waals surface area contributed by atoms with Crippen LogP contribution in [0.25, 0.3) is 33.1 Å². The predicted octanol–water partition coefficient (Wildman–Crippen LogP) is 9.02. The number of hydrogen-bond acceptors (Lipinski definition) is 15. The number of aryl methyl sites for hydroxylation is 1. The molecule has 0 saturated heterocycles. The van der Waals surface area contributed by atoms with Crippen molar-refractivity contribution in [2.75, 3.05) is 21.9 Å². The molecular formula is C48H43ClN10O6S3. The molecule has 6 aromatic carbocycles. The number of carbonyl (C=O) groups is 1. The number of benzene rings is 6. The fourth-order valence-electron chi connectivity index (χ4n) is 6.71. The first-order valence-electron chi connectivity index (χ1n) is 20.8. The van der Waals surface area contributed by atoms with Crippen molar-refractivity contribution in [3.05, 3.63) is 161 Å². The van der Waals surface area contributed by atoms with Gasteiger partial charge in [-0.15, -0.1) is 0 Å². The molecular weight excluding hydrogens is 944 g/mol. The van der Waals surface area contributed by atoms with Crippen molar-refractivity contribution in [1.29, 1.82) is 0 Å². The molecule has 0 fully saturated rings. The largest absolute Gasteiger partial charge is 0.497 e. The zero-order chi connectivity index (χ0) is 48.2. The van der Waals surface area contributed by atoms with E-state index in [0.29, 0.717) is 56.2 Å². The average Bonchev–Trinajstić information content (AvgIpc) is 3.78. The van der Waals surface area contributed by atoms with E-state index >= 15 is 0 Å². The highest BCUT2D eigenvalue weighted by Gasteiger charge is 2.25. The van der Waals surface area contributed by atoms with Crippen molar-refractivity contribution in [2.24, 2.45) is 5.73 Å². The van der Waals surface area contributed by atoms with Crippen molar-refractivity contribution in [2.45, 2.75) is 48.9 Å². The smallest absolute Gasteiger partial charge is 0.263 e. The second-order valence-corrected chi connectivity index (χ2v) is 20.4. The first-order valence-corrected chi connectivity index (χ1v) is 24.9. The number of ketones is 1. The molecule has 0 aliphatic carbocycles. The summed E-state index contributed by atoms with van der Waals surface area (Å²) in [7, 11) is -6.39. The molecule has 68 heavy (non-hydrogen) atoms. The molecule has 16 nitrogen and oxygen atoms in total. The monoisotopic (exact) mass is 986 g/mol. The fourth-order valence-corrected chi connectivity index (χ4v) is 9.50. The van der Waals surface area contributed by atoms with Crippen molar-refractivity contribution >= 4 is 105 Å². The van der Waals surface area contributed by atoms with E-state index in [-0.39, 0.29) is 39.4 Å². The normalized spacial score (nSPS) is 11.8.